The Kier molecular flexibility index (Phi) is 10.1. The van der Waals surface area contributed by atoms with E-state index in [1.54, 1.807) is 24.4 Å². The van der Waals surface area contributed by atoms with Crippen molar-refractivity contribution in [1.82, 2.24) is 10.3 Å². The molecule has 0 aliphatic heterocycles. The number of hydrogen-bond acceptors (Lipinski definition) is 9. The summed E-state index contributed by atoms with van der Waals surface area (Å²) >= 11 is 1.17. The number of benzene rings is 1. The second-order valence-corrected chi connectivity index (χ2v) is 7.35. The van der Waals surface area contributed by atoms with E-state index in [2.05, 4.69) is 15.6 Å². The van der Waals surface area contributed by atoms with Crippen molar-refractivity contribution in [2.24, 2.45) is 0 Å². The summed E-state index contributed by atoms with van der Waals surface area (Å²) in [6.07, 6.45) is -0.862. The summed E-state index contributed by atoms with van der Waals surface area (Å²) in [4.78, 5) is 51.9. The molecule has 1 unspecified atom stereocenters. The van der Waals surface area contributed by atoms with Crippen LogP contribution in [0.3, 0.4) is 0 Å². The van der Waals surface area contributed by atoms with Gasteiger partial charge >= 0.3 is 18.0 Å². The van der Waals surface area contributed by atoms with E-state index in [0.29, 0.717) is 10.8 Å². The summed E-state index contributed by atoms with van der Waals surface area (Å²) < 4.78 is 14.7. The van der Waals surface area contributed by atoms with Crippen LogP contribution in [0, 0.1) is 0 Å². The molecule has 10 nitrogen and oxygen atoms in total. The maximum Gasteiger partial charge on any atom is 0.408 e. The molecule has 0 aliphatic rings. The number of hydrogen-bond donors (Lipinski definition) is 2. The van der Waals surface area contributed by atoms with Gasteiger partial charge in [-0.2, -0.15) is 0 Å². The Hall–Kier alpha value is -3.47. The Balaban J connectivity index is 1.81. The van der Waals surface area contributed by atoms with Gasteiger partial charge in [-0.05, 0) is 18.9 Å². The van der Waals surface area contributed by atoms with Crippen LogP contribution >= 0.6 is 11.3 Å². The predicted molar refractivity (Wildman–Crippen MR) is 116 cm³/mol. The summed E-state index contributed by atoms with van der Waals surface area (Å²) in [5, 5.41) is 6.98. The number of methoxy groups -OCH3 is 1. The van der Waals surface area contributed by atoms with Crippen molar-refractivity contribution in [3.63, 3.8) is 0 Å². The second kappa shape index (κ2) is 13.1. The summed E-state index contributed by atoms with van der Waals surface area (Å²) in [6, 6.07) is 8.01. The van der Waals surface area contributed by atoms with Crippen molar-refractivity contribution < 1.29 is 33.4 Å². The number of anilines is 1. The molecular formula is C21H25N3O7S. The number of carbonyl (C=O) groups excluding carboxylic acids is 4. The van der Waals surface area contributed by atoms with Crippen LogP contribution in [0.15, 0.2) is 35.7 Å². The van der Waals surface area contributed by atoms with Gasteiger partial charge in [0.2, 0.25) is 5.91 Å². The number of carbonyl (C=O) groups is 4. The summed E-state index contributed by atoms with van der Waals surface area (Å²) in [7, 11) is 1.19. The summed E-state index contributed by atoms with van der Waals surface area (Å²) in [5.74, 6) is -1.50. The van der Waals surface area contributed by atoms with Gasteiger partial charge in [-0.15, -0.1) is 11.3 Å². The van der Waals surface area contributed by atoms with E-state index in [1.165, 1.54) is 18.4 Å². The third-order valence-corrected chi connectivity index (χ3v) is 4.89. The molecule has 0 saturated heterocycles. The highest BCUT2D eigenvalue weighted by atomic mass is 32.1. The number of thiazole rings is 1. The fraction of sp³-hybridized carbons (Fsp3) is 0.381. The van der Waals surface area contributed by atoms with E-state index >= 15 is 0 Å². The van der Waals surface area contributed by atoms with Gasteiger partial charge in [0.05, 0.1) is 25.8 Å². The molecule has 2 N–H and O–H groups in total. The van der Waals surface area contributed by atoms with Crippen LogP contribution in [0.25, 0.3) is 0 Å². The van der Waals surface area contributed by atoms with Crippen molar-refractivity contribution in [2.45, 2.75) is 38.8 Å². The van der Waals surface area contributed by atoms with Crippen LogP contribution in [-0.4, -0.2) is 48.7 Å². The minimum atomic E-state index is -1.05. The fourth-order valence-electron chi connectivity index (χ4n) is 2.56. The first-order valence-electron chi connectivity index (χ1n) is 9.86. The highest BCUT2D eigenvalue weighted by Crippen LogP contribution is 2.17. The van der Waals surface area contributed by atoms with Crippen molar-refractivity contribution in [3.8, 4) is 0 Å². The molecule has 0 bridgehead atoms. The number of ether oxygens (including phenoxy) is 3. The largest absolute Gasteiger partial charge is 0.467 e. The van der Waals surface area contributed by atoms with Crippen LogP contribution in [0.5, 0.6) is 0 Å². The lowest BCUT2D eigenvalue weighted by Crippen LogP contribution is -2.42. The number of esters is 2. The average Bonchev–Trinajstić information content (AvgIpc) is 3.21. The predicted octanol–water partition coefficient (Wildman–Crippen LogP) is 2.44. The zero-order valence-electron chi connectivity index (χ0n) is 17.8. The molecule has 1 aromatic heterocycles. The van der Waals surface area contributed by atoms with Crippen LogP contribution in [0.4, 0.5) is 9.93 Å². The lowest BCUT2D eigenvalue weighted by atomic mass is 10.1. The number of amides is 2. The number of nitrogens with zero attached hydrogens (tertiary/aromatic N) is 1. The fourth-order valence-corrected chi connectivity index (χ4v) is 3.29. The third-order valence-electron chi connectivity index (χ3n) is 4.08. The van der Waals surface area contributed by atoms with E-state index in [0.717, 1.165) is 5.56 Å². The third kappa shape index (κ3) is 8.72. The minimum absolute atomic E-state index is 0.00000194. The van der Waals surface area contributed by atoms with Gasteiger partial charge in [0, 0.05) is 11.8 Å². The second-order valence-electron chi connectivity index (χ2n) is 6.49. The van der Waals surface area contributed by atoms with Gasteiger partial charge in [0.25, 0.3) is 0 Å². The first kappa shape index (κ1) is 24.8. The Morgan fingerprint density at radius 2 is 1.88 bits per heavy atom. The molecule has 0 spiro atoms. The topological polar surface area (TPSA) is 133 Å². The van der Waals surface area contributed by atoms with Crippen LogP contribution < -0.4 is 10.6 Å². The maximum absolute atomic E-state index is 12.2. The van der Waals surface area contributed by atoms with Gasteiger partial charge in [0.1, 0.15) is 12.6 Å². The van der Waals surface area contributed by atoms with Gasteiger partial charge in [-0.1, -0.05) is 30.3 Å². The highest BCUT2D eigenvalue weighted by molar-refractivity contribution is 7.13. The van der Waals surface area contributed by atoms with Crippen molar-refractivity contribution in [1.29, 1.82) is 0 Å². The van der Waals surface area contributed by atoms with Crippen molar-refractivity contribution in [3.05, 3.63) is 47.0 Å². The minimum Gasteiger partial charge on any atom is -0.467 e. The molecule has 0 saturated carbocycles. The molecule has 2 rings (SSSR count). The van der Waals surface area contributed by atoms with Crippen LogP contribution in [0.1, 0.15) is 31.0 Å². The number of nitrogens with one attached hydrogen (secondary N) is 2. The SMILES string of the molecule is CCOC(=O)Cc1csc(NC(=O)CCC(NC(=O)OCc2ccccc2)C(=O)OC)n1. The monoisotopic (exact) mass is 463 g/mol. The zero-order chi connectivity index (χ0) is 23.3. The van der Waals surface area contributed by atoms with E-state index < -0.39 is 30.0 Å². The van der Waals surface area contributed by atoms with Crippen LogP contribution in [0.2, 0.25) is 0 Å². The van der Waals surface area contributed by atoms with Gasteiger partial charge in [-0.3, -0.25) is 9.59 Å². The normalized spacial score (nSPS) is 11.2. The van der Waals surface area contributed by atoms with Crippen molar-refractivity contribution in [2.75, 3.05) is 19.0 Å². The Bertz CT molecular complexity index is 917. The molecule has 1 atom stereocenters. The quantitative estimate of drug-likeness (QED) is 0.383. The molecular weight excluding hydrogens is 438 g/mol. The van der Waals surface area contributed by atoms with E-state index in [9.17, 15) is 19.2 Å². The standard InChI is InChI=1S/C21H25N3O7S/c1-3-30-18(26)11-15-13-32-20(22-15)24-17(25)10-9-16(19(27)29-2)23-21(28)31-12-14-7-5-4-6-8-14/h4-8,13,16H,3,9-12H2,1-2H3,(H,23,28)(H,22,24,25). The number of alkyl carbamates (subject to hydrolysis) is 1. The van der Waals surface area contributed by atoms with Gasteiger partial charge < -0.3 is 24.8 Å². The summed E-state index contributed by atoms with van der Waals surface area (Å²) in [5.41, 5.74) is 1.28. The lowest BCUT2D eigenvalue weighted by molar-refractivity contribution is -0.143. The first-order chi connectivity index (χ1) is 15.4. The van der Waals surface area contributed by atoms with E-state index in [1.807, 2.05) is 18.2 Å². The highest BCUT2D eigenvalue weighted by Gasteiger charge is 2.23. The number of aromatic nitrogens is 1. The smallest absolute Gasteiger partial charge is 0.408 e. The molecule has 1 aromatic carbocycles. The lowest BCUT2D eigenvalue weighted by Gasteiger charge is -2.16. The summed E-state index contributed by atoms with van der Waals surface area (Å²) in [6.45, 7) is 2.03. The van der Waals surface area contributed by atoms with Gasteiger partial charge in [0.15, 0.2) is 5.13 Å². The van der Waals surface area contributed by atoms with Crippen molar-refractivity contribution >= 4 is 40.4 Å². The maximum atomic E-state index is 12.2. The first-order valence-corrected chi connectivity index (χ1v) is 10.7. The van der Waals surface area contributed by atoms with Gasteiger partial charge in [-0.25, -0.2) is 14.6 Å². The molecule has 2 amide bonds. The zero-order valence-corrected chi connectivity index (χ0v) is 18.6. The molecule has 172 valence electrons. The average molecular weight is 464 g/mol. The Morgan fingerprint density at radius 3 is 2.56 bits per heavy atom. The molecule has 1 heterocycles. The molecule has 32 heavy (non-hydrogen) atoms. The van der Waals surface area contributed by atoms with E-state index in [4.69, 9.17) is 14.2 Å². The molecule has 0 fully saturated rings. The van der Waals surface area contributed by atoms with Crippen LogP contribution in [-0.2, 0) is 41.6 Å². The Morgan fingerprint density at radius 1 is 1.12 bits per heavy atom. The molecule has 11 heteroatoms. The number of rotatable bonds is 11. The van der Waals surface area contributed by atoms with E-state index in [-0.39, 0.29) is 32.5 Å². The molecule has 2 aromatic rings. The molecule has 0 aliphatic carbocycles. The molecule has 0 radical (unpaired) electrons. The Labute approximate surface area is 189 Å².